The van der Waals surface area contributed by atoms with Crippen LogP contribution in [0.25, 0.3) is 0 Å². The van der Waals surface area contributed by atoms with E-state index in [0.29, 0.717) is 17.9 Å². The minimum Gasteiger partial charge on any atom is -0.338 e. The van der Waals surface area contributed by atoms with Gasteiger partial charge in [0, 0.05) is 38.8 Å². The predicted octanol–water partition coefficient (Wildman–Crippen LogP) is 3.65. The zero-order chi connectivity index (χ0) is 19.7. The Hall–Kier alpha value is -2.27. The topological polar surface area (TPSA) is 49.3 Å². The molecule has 1 aliphatic heterocycles. The Kier molecular flexibility index (Phi) is 5.44. The van der Waals surface area contributed by atoms with Crippen LogP contribution in [0.4, 0.5) is 5.95 Å². The fraction of sp³-hybridized carbons (Fsp3) is 0.522. The molecule has 28 heavy (non-hydrogen) atoms. The number of likely N-dealkylation sites (N-methyl/N-ethyl adjacent to an activating group) is 1. The number of anilines is 1. The average molecular weight is 379 g/mol. The van der Waals surface area contributed by atoms with Gasteiger partial charge in [-0.05, 0) is 35.9 Å². The van der Waals surface area contributed by atoms with E-state index in [9.17, 15) is 4.79 Å². The minimum atomic E-state index is 0.168. The molecule has 148 valence electrons. The van der Waals surface area contributed by atoms with E-state index < -0.39 is 0 Å². The molecular weight excluding hydrogens is 348 g/mol. The van der Waals surface area contributed by atoms with Gasteiger partial charge in [-0.1, -0.05) is 45.0 Å². The number of piperazine rings is 1. The van der Waals surface area contributed by atoms with Crippen molar-refractivity contribution < 1.29 is 4.79 Å². The summed E-state index contributed by atoms with van der Waals surface area (Å²) in [6.07, 6.45) is 3.11. The van der Waals surface area contributed by atoms with E-state index in [1.54, 1.807) is 6.20 Å². The van der Waals surface area contributed by atoms with Gasteiger partial charge in [0.25, 0.3) is 0 Å². The van der Waals surface area contributed by atoms with Gasteiger partial charge in [0.05, 0.1) is 11.3 Å². The zero-order valence-corrected chi connectivity index (χ0v) is 17.2. The maximum atomic E-state index is 12.7. The van der Waals surface area contributed by atoms with Crippen molar-refractivity contribution in [1.29, 1.82) is 0 Å². The van der Waals surface area contributed by atoms with Crippen LogP contribution in [0.1, 0.15) is 66.2 Å². The van der Waals surface area contributed by atoms with Crippen molar-refractivity contribution in [3.63, 3.8) is 0 Å². The molecule has 0 unspecified atom stereocenters. The van der Waals surface area contributed by atoms with Crippen molar-refractivity contribution in [2.45, 2.75) is 45.4 Å². The smallest absolute Gasteiger partial charge is 0.225 e. The lowest BCUT2D eigenvalue weighted by Crippen LogP contribution is -2.46. The van der Waals surface area contributed by atoms with Crippen molar-refractivity contribution in [1.82, 2.24) is 14.9 Å². The first-order valence-electron chi connectivity index (χ1n) is 10.5. The monoisotopic (exact) mass is 378 g/mol. The predicted molar refractivity (Wildman–Crippen MR) is 112 cm³/mol. The first kappa shape index (κ1) is 19.1. The molecule has 1 aromatic carbocycles. The van der Waals surface area contributed by atoms with Gasteiger partial charge < -0.3 is 9.80 Å². The first-order chi connectivity index (χ1) is 13.5. The number of rotatable bonds is 4. The third kappa shape index (κ3) is 3.81. The number of hydrogen-bond acceptors (Lipinski definition) is 5. The number of hydrogen-bond donors (Lipinski definition) is 0. The number of benzene rings is 1. The fourth-order valence-electron chi connectivity index (χ4n) is 4.24. The molecule has 5 nitrogen and oxygen atoms in total. The highest BCUT2D eigenvalue weighted by Crippen LogP contribution is 2.33. The largest absolute Gasteiger partial charge is 0.338 e. The number of ketones is 1. The molecule has 5 heteroatoms. The molecule has 0 amide bonds. The number of nitrogens with zero attached hydrogens (tertiary/aromatic N) is 4. The molecule has 2 heterocycles. The van der Waals surface area contributed by atoms with Crippen LogP contribution in [0.5, 0.6) is 0 Å². The SMILES string of the molecule is CCN1CCN(c2ncc3c(n2)C[C@H](c2ccc(C(C)C)cc2)CC3=O)CC1. The maximum absolute atomic E-state index is 12.7. The van der Waals surface area contributed by atoms with Crippen LogP contribution in [0.15, 0.2) is 30.5 Å². The Morgan fingerprint density at radius 3 is 2.43 bits per heavy atom. The summed E-state index contributed by atoms with van der Waals surface area (Å²) in [5.74, 6) is 1.67. The molecule has 1 aliphatic carbocycles. The van der Waals surface area contributed by atoms with Crippen LogP contribution < -0.4 is 4.90 Å². The van der Waals surface area contributed by atoms with Gasteiger partial charge in [0.2, 0.25) is 5.95 Å². The maximum Gasteiger partial charge on any atom is 0.225 e. The molecule has 2 aliphatic rings. The Bertz CT molecular complexity index is 838. The van der Waals surface area contributed by atoms with E-state index in [-0.39, 0.29) is 11.7 Å². The highest BCUT2D eigenvalue weighted by molar-refractivity contribution is 5.98. The van der Waals surface area contributed by atoms with E-state index >= 15 is 0 Å². The second-order valence-electron chi connectivity index (χ2n) is 8.30. The van der Waals surface area contributed by atoms with Gasteiger partial charge in [0.15, 0.2) is 5.78 Å². The molecule has 0 saturated carbocycles. The van der Waals surface area contributed by atoms with Crippen LogP contribution in [0.3, 0.4) is 0 Å². The molecule has 1 saturated heterocycles. The second-order valence-corrected chi connectivity index (χ2v) is 8.30. The third-order valence-corrected chi connectivity index (χ3v) is 6.20. The lowest BCUT2D eigenvalue weighted by atomic mass is 9.81. The fourth-order valence-corrected chi connectivity index (χ4v) is 4.24. The van der Waals surface area contributed by atoms with Crippen molar-refractivity contribution in [2.24, 2.45) is 0 Å². The molecule has 0 radical (unpaired) electrons. The van der Waals surface area contributed by atoms with Crippen LogP contribution in [0.2, 0.25) is 0 Å². The summed E-state index contributed by atoms with van der Waals surface area (Å²) in [6.45, 7) is 11.7. The lowest BCUT2D eigenvalue weighted by molar-refractivity contribution is 0.0962. The highest BCUT2D eigenvalue weighted by Gasteiger charge is 2.29. The summed E-state index contributed by atoms with van der Waals surface area (Å²) in [5.41, 5.74) is 4.20. The van der Waals surface area contributed by atoms with Gasteiger partial charge in [-0.2, -0.15) is 0 Å². The molecular formula is C23H30N4O. The van der Waals surface area contributed by atoms with Crippen molar-refractivity contribution in [3.05, 3.63) is 52.8 Å². The van der Waals surface area contributed by atoms with Crippen molar-refractivity contribution in [3.8, 4) is 0 Å². The standard InChI is InChI=1S/C23H30N4O/c1-4-26-9-11-27(12-10-26)23-24-15-20-21(25-23)13-19(14-22(20)28)18-7-5-17(6-8-18)16(2)3/h5-8,15-16,19H,4,9-14H2,1-3H3/t19-/m0/s1. The number of fused-ring (bicyclic) bond motifs is 1. The highest BCUT2D eigenvalue weighted by atomic mass is 16.1. The van der Waals surface area contributed by atoms with Crippen LogP contribution in [-0.2, 0) is 6.42 Å². The molecule has 0 spiro atoms. The van der Waals surface area contributed by atoms with Crippen molar-refractivity contribution in [2.75, 3.05) is 37.6 Å². The summed E-state index contributed by atoms with van der Waals surface area (Å²) in [6, 6.07) is 8.76. The van der Waals surface area contributed by atoms with Gasteiger partial charge in [-0.3, -0.25) is 4.79 Å². The Morgan fingerprint density at radius 2 is 1.79 bits per heavy atom. The first-order valence-corrected chi connectivity index (χ1v) is 10.5. The van der Waals surface area contributed by atoms with Crippen LogP contribution >= 0.6 is 0 Å². The zero-order valence-electron chi connectivity index (χ0n) is 17.2. The normalized spacial score (nSPS) is 20.5. The van der Waals surface area contributed by atoms with Gasteiger partial charge >= 0.3 is 0 Å². The number of carbonyl (C=O) groups excluding carboxylic acids is 1. The molecule has 1 atom stereocenters. The van der Waals surface area contributed by atoms with E-state index in [4.69, 9.17) is 4.98 Å². The average Bonchev–Trinajstić information content (AvgIpc) is 2.73. The molecule has 4 rings (SSSR count). The molecule has 2 aromatic rings. The molecule has 0 bridgehead atoms. The van der Waals surface area contributed by atoms with Crippen LogP contribution in [-0.4, -0.2) is 53.4 Å². The Labute approximate surface area is 167 Å². The molecule has 1 aromatic heterocycles. The minimum absolute atomic E-state index is 0.168. The van der Waals surface area contributed by atoms with E-state index in [2.05, 4.69) is 59.8 Å². The molecule has 1 fully saturated rings. The van der Waals surface area contributed by atoms with Gasteiger partial charge in [0.1, 0.15) is 0 Å². The van der Waals surface area contributed by atoms with Gasteiger partial charge in [-0.15, -0.1) is 0 Å². The second kappa shape index (κ2) is 8.00. The van der Waals surface area contributed by atoms with Crippen LogP contribution in [0, 0.1) is 0 Å². The number of Topliss-reactive ketones (excluding diaryl/α,β-unsaturated/α-hetero) is 1. The summed E-state index contributed by atoms with van der Waals surface area (Å²) >= 11 is 0. The third-order valence-electron chi connectivity index (χ3n) is 6.20. The summed E-state index contributed by atoms with van der Waals surface area (Å²) < 4.78 is 0. The lowest BCUT2D eigenvalue weighted by Gasteiger charge is -2.34. The van der Waals surface area contributed by atoms with E-state index in [1.165, 1.54) is 11.1 Å². The van der Waals surface area contributed by atoms with E-state index in [0.717, 1.165) is 50.8 Å². The summed E-state index contributed by atoms with van der Waals surface area (Å²) in [4.78, 5) is 26.8. The Morgan fingerprint density at radius 1 is 1.07 bits per heavy atom. The van der Waals surface area contributed by atoms with Gasteiger partial charge in [-0.25, -0.2) is 9.97 Å². The summed E-state index contributed by atoms with van der Waals surface area (Å²) in [5, 5.41) is 0. The number of aromatic nitrogens is 2. The molecule has 0 N–H and O–H groups in total. The van der Waals surface area contributed by atoms with E-state index in [1.807, 2.05) is 0 Å². The van der Waals surface area contributed by atoms with Crippen molar-refractivity contribution >= 4 is 11.7 Å². The Balaban J connectivity index is 1.54. The quantitative estimate of drug-likeness (QED) is 0.813. The summed E-state index contributed by atoms with van der Waals surface area (Å²) in [7, 11) is 0. The number of carbonyl (C=O) groups is 1.